The molecule has 2 rings (SSSR count). The summed E-state index contributed by atoms with van der Waals surface area (Å²) in [7, 11) is 0. The molecule has 1 aliphatic carbocycles. The van der Waals surface area contributed by atoms with Crippen molar-refractivity contribution < 1.29 is 4.79 Å². The van der Waals surface area contributed by atoms with Crippen molar-refractivity contribution >= 4 is 17.7 Å². The van der Waals surface area contributed by atoms with E-state index in [4.69, 9.17) is 0 Å². The van der Waals surface area contributed by atoms with E-state index in [1.165, 1.54) is 5.57 Å². The minimum absolute atomic E-state index is 0.0262. The Balaban J connectivity index is 1.74. The van der Waals surface area contributed by atoms with Crippen molar-refractivity contribution in [2.24, 2.45) is 0 Å². The minimum Gasteiger partial charge on any atom is -0.302 e. The van der Waals surface area contributed by atoms with Crippen LogP contribution in [0.4, 0.5) is 0 Å². The van der Waals surface area contributed by atoms with Gasteiger partial charge in [-0.2, -0.15) is 11.8 Å². The molecule has 0 bridgehead atoms. The van der Waals surface area contributed by atoms with Gasteiger partial charge in [-0.25, -0.2) is 0 Å². The number of hydrogen-bond acceptors (Lipinski definition) is 3. The fourth-order valence-corrected chi connectivity index (χ4v) is 2.50. The third-order valence-electron chi connectivity index (χ3n) is 2.47. The van der Waals surface area contributed by atoms with Gasteiger partial charge in [-0.15, -0.1) is 0 Å². The summed E-state index contributed by atoms with van der Waals surface area (Å²) in [6.07, 6.45) is 14.2. The van der Waals surface area contributed by atoms with Crippen molar-refractivity contribution in [2.45, 2.75) is 12.8 Å². The van der Waals surface area contributed by atoms with Crippen LogP contribution in [0.3, 0.4) is 0 Å². The first-order chi connectivity index (χ1) is 8.34. The molecular formula is C13H16N2OS. The number of hydrogen-bond donors (Lipinski definition) is 2. The average Bonchev–Trinajstić information content (AvgIpc) is 2.60. The predicted molar refractivity (Wildman–Crippen MR) is 72.3 cm³/mol. The van der Waals surface area contributed by atoms with E-state index in [1.807, 2.05) is 17.8 Å². The van der Waals surface area contributed by atoms with E-state index in [-0.39, 0.29) is 5.91 Å². The lowest BCUT2D eigenvalue weighted by molar-refractivity contribution is -0.121. The second-order valence-electron chi connectivity index (χ2n) is 3.91. The van der Waals surface area contributed by atoms with Gasteiger partial charge in [-0.05, 0) is 12.0 Å². The van der Waals surface area contributed by atoms with Crippen LogP contribution in [-0.2, 0) is 4.79 Å². The van der Waals surface area contributed by atoms with Gasteiger partial charge in [0.05, 0.1) is 0 Å². The van der Waals surface area contributed by atoms with E-state index < -0.39 is 0 Å². The highest BCUT2D eigenvalue weighted by atomic mass is 32.2. The molecule has 0 unspecified atom stereocenters. The molecule has 1 aliphatic heterocycles. The normalized spacial score (nSPS) is 18.9. The molecule has 3 nitrogen and oxygen atoms in total. The van der Waals surface area contributed by atoms with E-state index in [0.717, 1.165) is 23.6 Å². The maximum absolute atomic E-state index is 10.9. The summed E-state index contributed by atoms with van der Waals surface area (Å²) in [6, 6.07) is 0. The smallest absolute Gasteiger partial charge is 0.242 e. The van der Waals surface area contributed by atoms with Gasteiger partial charge in [-0.1, -0.05) is 36.5 Å². The molecule has 0 aromatic rings. The summed E-state index contributed by atoms with van der Waals surface area (Å²) in [4.78, 5) is 10.9. The van der Waals surface area contributed by atoms with Crippen molar-refractivity contribution in [3.63, 3.8) is 0 Å². The number of carbonyl (C=O) groups is 1. The second-order valence-corrected chi connectivity index (χ2v) is 4.89. The fraction of sp³-hybridized carbons (Fsp3) is 0.308. The SMILES string of the molecule is O=C1CC=C(CSCC2=CC=CCC=C2)NN1. The topological polar surface area (TPSA) is 41.1 Å². The van der Waals surface area contributed by atoms with Crippen molar-refractivity contribution in [1.82, 2.24) is 10.9 Å². The third-order valence-corrected chi connectivity index (χ3v) is 3.53. The molecule has 2 N–H and O–H groups in total. The molecular weight excluding hydrogens is 232 g/mol. The molecule has 4 heteroatoms. The quantitative estimate of drug-likeness (QED) is 0.800. The lowest BCUT2D eigenvalue weighted by atomic mass is 10.3. The van der Waals surface area contributed by atoms with Crippen LogP contribution in [0.15, 0.2) is 47.7 Å². The van der Waals surface area contributed by atoms with E-state index >= 15 is 0 Å². The molecule has 0 spiro atoms. The summed E-state index contributed by atoms with van der Waals surface area (Å²) in [6.45, 7) is 0. The minimum atomic E-state index is 0.0262. The monoisotopic (exact) mass is 248 g/mol. The van der Waals surface area contributed by atoms with Gasteiger partial charge < -0.3 is 5.43 Å². The maximum atomic E-state index is 10.9. The van der Waals surface area contributed by atoms with E-state index in [2.05, 4.69) is 41.2 Å². The van der Waals surface area contributed by atoms with Gasteiger partial charge in [0, 0.05) is 23.6 Å². The molecule has 0 saturated heterocycles. The highest BCUT2D eigenvalue weighted by molar-refractivity contribution is 7.99. The number of amides is 1. The Kier molecular flexibility index (Phi) is 4.50. The van der Waals surface area contributed by atoms with Gasteiger partial charge >= 0.3 is 0 Å². The Morgan fingerprint density at radius 2 is 2.18 bits per heavy atom. The number of hydrazine groups is 1. The number of nitrogens with one attached hydrogen (secondary N) is 2. The van der Waals surface area contributed by atoms with Crippen LogP contribution in [0.5, 0.6) is 0 Å². The zero-order valence-electron chi connectivity index (χ0n) is 9.61. The molecule has 1 heterocycles. The Bertz CT molecular complexity index is 408. The zero-order valence-corrected chi connectivity index (χ0v) is 10.4. The number of allylic oxidation sites excluding steroid dienone is 5. The molecule has 0 radical (unpaired) electrons. The van der Waals surface area contributed by atoms with E-state index in [9.17, 15) is 4.79 Å². The van der Waals surface area contributed by atoms with Gasteiger partial charge in [0.15, 0.2) is 0 Å². The van der Waals surface area contributed by atoms with E-state index in [0.29, 0.717) is 6.42 Å². The maximum Gasteiger partial charge on any atom is 0.242 e. The van der Waals surface area contributed by atoms with Gasteiger partial charge in [0.2, 0.25) is 5.91 Å². The van der Waals surface area contributed by atoms with E-state index in [1.54, 1.807) is 0 Å². The molecule has 0 atom stereocenters. The van der Waals surface area contributed by atoms with Crippen molar-refractivity contribution in [1.29, 1.82) is 0 Å². The summed E-state index contributed by atoms with van der Waals surface area (Å²) < 4.78 is 0. The summed E-state index contributed by atoms with van der Waals surface area (Å²) in [5, 5.41) is 0. The number of rotatable bonds is 4. The molecule has 0 aromatic carbocycles. The second kappa shape index (κ2) is 6.35. The first kappa shape index (κ1) is 12.0. The van der Waals surface area contributed by atoms with Gasteiger partial charge in [0.1, 0.15) is 0 Å². The summed E-state index contributed by atoms with van der Waals surface area (Å²) in [5.41, 5.74) is 7.95. The largest absolute Gasteiger partial charge is 0.302 e. The van der Waals surface area contributed by atoms with Crippen LogP contribution >= 0.6 is 11.8 Å². The van der Waals surface area contributed by atoms with Crippen molar-refractivity contribution in [2.75, 3.05) is 11.5 Å². The van der Waals surface area contributed by atoms with Gasteiger partial charge in [0.25, 0.3) is 0 Å². The highest BCUT2D eigenvalue weighted by Crippen LogP contribution is 2.15. The molecule has 0 aromatic heterocycles. The Morgan fingerprint density at radius 3 is 3.00 bits per heavy atom. The zero-order chi connectivity index (χ0) is 11.9. The van der Waals surface area contributed by atoms with Gasteiger partial charge in [-0.3, -0.25) is 10.2 Å². The van der Waals surface area contributed by atoms with Crippen LogP contribution in [0.25, 0.3) is 0 Å². The van der Waals surface area contributed by atoms with Crippen LogP contribution in [0.2, 0.25) is 0 Å². The Morgan fingerprint density at radius 1 is 1.24 bits per heavy atom. The van der Waals surface area contributed by atoms with Crippen LogP contribution in [0.1, 0.15) is 12.8 Å². The number of thioether (sulfide) groups is 1. The summed E-state index contributed by atoms with van der Waals surface area (Å²) >= 11 is 1.84. The molecule has 0 fully saturated rings. The lowest BCUT2D eigenvalue weighted by Gasteiger charge is -2.16. The van der Waals surface area contributed by atoms with Crippen LogP contribution in [0, 0.1) is 0 Å². The number of carbonyl (C=O) groups excluding carboxylic acids is 1. The molecule has 1 amide bonds. The standard InChI is InChI=1S/C13H16N2OS/c16-13-8-7-12(14-15-13)10-17-9-11-5-3-1-2-4-6-11/h1,3-7,14H,2,8-10H2,(H,15,16). The first-order valence-corrected chi connectivity index (χ1v) is 6.84. The fourth-order valence-electron chi connectivity index (χ4n) is 1.56. The van der Waals surface area contributed by atoms with Crippen molar-refractivity contribution in [3.05, 3.63) is 47.7 Å². The molecule has 17 heavy (non-hydrogen) atoms. The molecule has 2 aliphatic rings. The predicted octanol–water partition coefficient (Wildman–Crippen LogP) is 2.07. The summed E-state index contributed by atoms with van der Waals surface area (Å²) in [5.74, 6) is 1.92. The van der Waals surface area contributed by atoms with Crippen molar-refractivity contribution in [3.8, 4) is 0 Å². The first-order valence-electron chi connectivity index (χ1n) is 5.68. The third kappa shape index (κ3) is 4.15. The van der Waals surface area contributed by atoms with Crippen LogP contribution < -0.4 is 10.9 Å². The average molecular weight is 248 g/mol. The molecule has 90 valence electrons. The molecule has 0 saturated carbocycles. The Labute approximate surface area is 106 Å². The highest BCUT2D eigenvalue weighted by Gasteiger charge is 2.07. The lowest BCUT2D eigenvalue weighted by Crippen LogP contribution is -2.40. The Hall–Kier alpha value is -1.42. The van der Waals surface area contributed by atoms with Crippen LogP contribution in [-0.4, -0.2) is 17.4 Å².